The van der Waals surface area contributed by atoms with Gasteiger partial charge in [0, 0.05) is 31.7 Å². The van der Waals surface area contributed by atoms with Crippen molar-refractivity contribution >= 4 is 37.2 Å². The Balaban J connectivity index is -0.000000202. The lowest BCUT2D eigenvalue weighted by molar-refractivity contribution is 0.0687. The predicted molar refractivity (Wildman–Crippen MR) is 72.1 cm³/mol. The average Bonchev–Trinajstić information content (AvgIpc) is 2.14. The maximum absolute atomic E-state index is 5.56. The highest BCUT2D eigenvalue weighted by molar-refractivity contribution is 5.86. The molecule has 0 unspecified atom stereocenters. The third-order valence-corrected chi connectivity index (χ3v) is 1.99. The van der Waals surface area contributed by atoms with Gasteiger partial charge >= 0.3 is 0 Å². The maximum Gasteiger partial charge on any atom is 0.0558 e. The summed E-state index contributed by atoms with van der Waals surface area (Å²) in [6.07, 6.45) is 1.94. The SMILES string of the molecule is C[CH]COCC(CN)(CN)CN.Cl.Cl.Cl. The molecule has 0 saturated carbocycles. The predicted octanol–water partition coefficient (Wildman–Crippen LogP) is 0.355. The minimum Gasteiger partial charge on any atom is -0.380 e. The fourth-order valence-corrected chi connectivity index (χ4v) is 0.820. The van der Waals surface area contributed by atoms with E-state index in [1.165, 1.54) is 0 Å². The van der Waals surface area contributed by atoms with Crippen molar-refractivity contribution in [2.75, 3.05) is 32.8 Å². The van der Waals surface area contributed by atoms with Crippen LogP contribution in [0.1, 0.15) is 6.92 Å². The molecule has 0 bridgehead atoms. The summed E-state index contributed by atoms with van der Waals surface area (Å²) in [5.41, 5.74) is 16.4. The molecule has 0 aliphatic carbocycles. The highest BCUT2D eigenvalue weighted by atomic mass is 35.5. The number of ether oxygens (including phenoxy) is 1. The molecule has 0 amide bonds. The summed E-state index contributed by atoms with van der Waals surface area (Å²) in [6, 6.07) is 0. The first-order valence-electron chi connectivity index (χ1n) is 4.20. The summed E-state index contributed by atoms with van der Waals surface area (Å²) >= 11 is 0. The normalized spacial score (nSPS) is 9.60. The van der Waals surface area contributed by atoms with Gasteiger partial charge in [-0.3, -0.25) is 0 Å². The second-order valence-corrected chi connectivity index (χ2v) is 3.04. The minimum absolute atomic E-state index is 0. The van der Waals surface area contributed by atoms with Crippen molar-refractivity contribution in [1.29, 1.82) is 0 Å². The first-order valence-corrected chi connectivity index (χ1v) is 4.20. The van der Waals surface area contributed by atoms with E-state index in [1.54, 1.807) is 0 Å². The topological polar surface area (TPSA) is 87.3 Å². The zero-order valence-electron chi connectivity index (χ0n) is 8.98. The van der Waals surface area contributed by atoms with Gasteiger partial charge in [-0.15, -0.1) is 37.2 Å². The molecule has 0 fully saturated rings. The van der Waals surface area contributed by atoms with Crippen LogP contribution in [0.25, 0.3) is 0 Å². The van der Waals surface area contributed by atoms with E-state index in [9.17, 15) is 0 Å². The van der Waals surface area contributed by atoms with E-state index in [2.05, 4.69) is 0 Å². The first-order chi connectivity index (χ1) is 5.74. The Labute approximate surface area is 111 Å². The Morgan fingerprint density at radius 3 is 1.67 bits per heavy atom. The minimum atomic E-state index is -0.233. The van der Waals surface area contributed by atoms with E-state index in [-0.39, 0.29) is 42.6 Å². The van der Waals surface area contributed by atoms with E-state index in [0.717, 1.165) is 0 Å². The Bertz CT molecular complexity index is 107. The van der Waals surface area contributed by atoms with Crippen LogP contribution in [0.15, 0.2) is 0 Å². The summed E-state index contributed by atoms with van der Waals surface area (Å²) in [7, 11) is 0. The molecule has 0 heterocycles. The second-order valence-electron chi connectivity index (χ2n) is 3.04. The van der Waals surface area contributed by atoms with Gasteiger partial charge in [-0.2, -0.15) is 0 Å². The number of hydrogen-bond donors (Lipinski definition) is 3. The molecule has 0 rings (SSSR count). The Hall–Kier alpha value is 0.710. The van der Waals surface area contributed by atoms with Gasteiger partial charge in [0.15, 0.2) is 0 Å². The van der Waals surface area contributed by atoms with Crippen molar-refractivity contribution in [3.05, 3.63) is 6.42 Å². The van der Waals surface area contributed by atoms with E-state index in [0.29, 0.717) is 32.8 Å². The van der Waals surface area contributed by atoms with E-state index in [4.69, 9.17) is 21.9 Å². The van der Waals surface area contributed by atoms with Crippen molar-refractivity contribution in [3.8, 4) is 0 Å². The molecular weight excluding hydrogens is 260 g/mol. The third kappa shape index (κ3) is 9.63. The zero-order valence-corrected chi connectivity index (χ0v) is 11.4. The molecule has 0 aliphatic heterocycles. The lowest BCUT2D eigenvalue weighted by Gasteiger charge is -2.28. The highest BCUT2D eigenvalue weighted by Gasteiger charge is 2.25. The summed E-state index contributed by atoms with van der Waals surface area (Å²) in [4.78, 5) is 0. The molecule has 0 spiro atoms. The molecule has 4 nitrogen and oxygen atoms in total. The molecule has 1 radical (unpaired) electrons. The molecule has 6 N–H and O–H groups in total. The number of rotatable bonds is 7. The standard InChI is InChI=1S/C8H20N3O.3ClH/c1-2-3-12-7-8(4-9,5-10)6-11;;;/h2H,3-7,9-11H2,1H3;3*1H. The zero-order chi connectivity index (χ0) is 9.45. The van der Waals surface area contributed by atoms with Gasteiger partial charge in [-0.1, -0.05) is 6.92 Å². The fraction of sp³-hybridized carbons (Fsp3) is 0.875. The molecule has 7 heteroatoms. The van der Waals surface area contributed by atoms with Crippen molar-refractivity contribution in [2.24, 2.45) is 22.6 Å². The van der Waals surface area contributed by atoms with Gasteiger partial charge in [-0.05, 0) is 6.42 Å². The van der Waals surface area contributed by atoms with Gasteiger partial charge in [0.1, 0.15) is 0 Å². The molecule has 0 aromatic rings. The van der Waals surface area contributed by atoms with Gasteiger partial charge in [0.2, 0.25) is 0 Å². The van der Waals surface area contributed by atoms with Gasteiger partial charge in [-0.25, -0.2) is 0 Å². The summed E-state index contributed by atoms with van der Waals surface area (Å²) in [6.45, 7) is 4.54. The monoisotopic (exact) mass is 282 g/mol. The fourth-order valence-electron chi connectivity index (χ4n) is 0.820. The Morgan fingerprint density at radius 1 is 1.00 bits per heavy atom. The Morgan fingerprint density at radius 2 is 1.40 bits per heavy atom. The van der Waals surface area contributed by atoms with Crippen LogP contribution >= 0.6 is 37.2 Å². The smallest absolute Gasteiger partial charge is 0.0558 e. The van der Waals surface area contributed by atoms with Crippen LogP contribution < -0.4 is 17.2 Å². The van der Waals surface area contributed by atoms with Crippen LogP contribution in [0.5, 0.6) is 0 Å². The maximum atomic E-state index is 5.56. The van der Waals surface area contributed by atoms with Crippen molar-refractivity contribution in [2.45, 2.75) is 6.92 Å². The van der Waals surface area contributed by atoms with Crippen molar-refractivity contribution in [1.82, 2.24) is 0 Å². The van der Waals surface area contributed by atoms with Crippen molar-refractivity contribution in [3.63, 3.8) is 0 Å². The molecule has 0 aliphatic rings. The van der Waals surface area contributed by atoms with E-state index in [1.807, 2.05) is 13.3 Å². The molecule has 0 atom stereocenters. The van der Waals surface area contributed by atoms with E-state index < -0.39 is 0 Å². The van der Waals surface area contributed by atoms with Crippen LogP contribution in [0.3, 0.4) is 0 Å². The van der Waals surface area contributed by atoms with Crippen LogP contribution in [0, 0.1) is 11.8 Å². The second kappa shape index (κ2) is 14.7. The molecule has 15 heavy (non-hydrogen) atoms. The van der Waals surface area contributed by atoms with Crippen molar-refractivity contribution < 1.29 is 4.74 Å². The average molecular weight is 284 g/mol. The van der Waals surface area contributed by atoms with Crippen LogP contribution in [-0.2, 0) is 4.74 Å². The number of nitrogens with two attached hydrogens (primary N) is 3. The molecule has 0 saturated heterocycles. The molecule has 0 aromatic carbocycles. The lowest BCUT2D eigenvalue weighted by atomic mass is 9.89. The largest absolute Gasteiger partial charge is 0.380 e. The quantitative estimate of drug-likeness (QED) is 0.589. The van der Waals surface area contributed by atoms with Crippen LogP contribution in [0.2, 0.25) is 0 Å². The van der Waals surface area contributed by atoms with Gasteiger partial charge in [0.05, 0.1) is 6.61 Å². The van der Waals surface area contributed by atoms with Gasteiger partial charge < -0.3 is 21.9 Å². The third-order valence-electron chi connectivity index (χ3n) is 1.99. The summed E-state index contributed by atoms with van der Waals surface area (Å²) < 4.78 is 5.33. The molecular formula is C8H23Cl3N3O. The molecule has 97 valence electrons. The lowest BCUT2D eigenvalue weighted by Crippen LogP contribution is -2.47. The molecule has 0 aromatic heterocycles. The highest BCUT2D eigenvalue weighted by Crippen LogP contribution is 2.11. The summed E-state index contributed by atoms with van der Waals surface area (Å²) in [5, 5.41) is 0. The first kappa shape index (κ1) is 24.8. The van der Waals surface area contributed by atoms with E-state index >= 15 is 0 Å². The van der Waals surface area contributed by atoms with Gasteiger partial charge in [0.25, 0.3) is 0 Å². The van der Waals surface area contributed by atoms with Crippen LogP contribution in [-0.4, -0.2) is 32.8 Å². The van der Waals surface area contributed by atoms with Crippen LogP contribution in [0.4, 0.5) is 0 Å². The number of halogens is 3. The Kier molecular flexibility index (Phi) is 24.3. The number of hydrogen-bond acceptors (Lipinski definition) is 4. The summed E-state index contributed by atoms with van der Waals surface area (Å²) in [5.74, 6) is 0.